The van der Waals surface area contributed by atoms with Gasteiger partial charge in [-0.3, -0.25) is 4.79 Å². The number of nitrogens with one attached hydrogen (secondary N) is 1. The van der Waals surface area contributed by atoms with Gasteiger partial charge in [-0.25, -0.2) is 4.98 Å². The molecule has 1 fully saturated rings. The Morgan fingerprint density at radius 3 is 2.59 bits per heavy atom. The standard InChI is InChI=1S/C22H21ClN2OS/c23-18-11-9-16(10-12-18)22-25-20(14-27-22)17-7-4-8-19(13-17)24-21(26)15-5-2-1-3-6-15/h4,7-15H,1-3,5-6H2,(H,24,26). The number of thiazole rings is 1. The Hall–Kier alpha value is -2.17. The van der Waals surface area contributed by atoms with Gasteiger partial charge in [-0.2, -0.15) is 0 Å². The fraction of sp³-hybridized carbons (Fsp3) is 0.273. The van der Waals surface area contributed by atoms with E-state index in [9.17, 15) is 4.79 Å². The normalized spacial score (nSPS) is 14.9. The van der Waals surface area contributed by atoms with Crippen molar-refractivity contribution in [2.24, 2.45) is 5.92 Å². The van der Waals surface area contributed by atoms with Gasteiger partial charge in [-0.1, -0.05) is 55.1 Å². The van der Waals surface area contributed by atoms with Gasteiger partial charge in [0.25, 0.3) is 0 Å². The van der Waals surface area contributed by atoms with Crippen LogP contribution in [0.15, 0.2) is 53.9 Å². The molecule has 27 heavy (non-hydrogen) atoms. The molecule has 0 bridgehead atoms. The van der Waals surface area contributed by atoms with Crippen LogP contribution in [0.3, 0.4) is 0 Å². The van der Waals surface area contributed by atoms with Crippen LogP contribution in [0, 0.1) is 5.92 Å². The summed E-state index contributed by atoms with van der Waals surface area (Å²) in [5.41, 5.74) is 3.81. The summed E-state index contributed by atoms with van der Waals surface area (Å²) in [5, 5.41) is 6.81. The van der Waals surface area contributed by atoms with Crippen LogP contribution < -0.4 is 5.32 Å². The summed E-state index contributed by atoms with van der Waals surface area (Å²) in [6.07, 6.45) is 5.57. The fourth-order valence-electron chi connectivity index (χ4n) is 3.50. The van der Waals surface area contributed by atoms with E-state index in [1.165, 1.54) is 6.42 Å². The van der Waals surface area contributed by atoms with Gasteiger partial charge in [0.1, 0.15) is 5.01 Å². The molecule has 4 rings (SSSR count). The summed E-state index contributed by atoms with van der Waals surface area (Å²) in [4.78, 5) is 17.2. The van der Waals surface area contributed by atoms with Gasteiger partial charge in [-0.15, -0.1) is 11.3 Å². The number of hydrogen-bond donors (Lipinski definition) is 1. The molecule has 1 amide bonds. The quantitative estimate of drug-likeness (QED) is 0.536. The van der Waals surface area contributed by atoms with Gasteiger partial charge < -0.3 is 5.32 Å². The highest BCUT2D eigenvalue weighted by Crippen LogP contribution is 2.31. The summed E-state index contributed by atoms with van der Waals surface area (Å²) < 4.78 is 0. The van der Waals surface area contributed by atoms with E-state index in [2.05, 4.69) is 5.32 Å². The van der Waals surface area contributed by atoms with Crippen molar-refractivity contribution in [1.82, 2.24) is 4.98 Å². The van der Waals surface area contributed by atoms with Crippen LogP contribution in [0.1, 0.15) is 32.1 Å². The van der Waals surface area contributed by atoms with E-state index >= 15 is 0 Å². The number of carbonyl (C=O) groups excluding carboxylic acids is 1. The fourth-order valence-corrected chi connectivity index (χ4v) is 4.46. The summed E-state index contributed by atoms with van der Waals surface area (Å²) in [6, 6.07) is 15.6. The van der Waals surface area contributed by atoms with Crippen LogP contribution in [0.4, 0.5) is 5.69 Å². The molecule has 1 saturated carbocycles. The lowest BCUT2D eigenvalue weighted by molar-refractivity contribution is -0.120. The summed E-state index contributed by atoms with van der Waals surface area (Å²) in [6.45, 7) is 0. The number of amides is 1. The van der Waals surface area contributed by atoms with E-state index in [1.807, 2.05) is 53.9 Å². The second kappa shape index (κ2) is 8.24. The zero-order valence-electron chi connectivity index (χ0n) is 15.0. The second-order valence-corrected chi connectivity index (χ2v) is 8.24. The molecule has 0 saturated heterocycles. The average molecular weight is 397 g/mol. The van der Waals surface area contributed by atoms with E-state index in [0.29, 0.717) is 0 Å². The predicted molar refractivity (Wildman–Crippen MR) is 113 cm³/mol. The second-order valence-electron chi connectivity index (χ2n) is 6.95. The molecule has 1 aliphatic rings. The smallest absolute Gasteiger partial charge is 0.227 e. The van der Waals surface area contributed by atoms with Crippen LogP contribution in [0.5, 0.6) is 0 Å². The Morgan fingerprint density at radius 1 is 1.04 bits per heavy atom. The molecule has 3 aromatic rings. The minimum atomic E-state index is 0.145. The lowest BCUT2D eigenvalue weighted by atomic mass is 9.88. The van der Waals surface area contributed by atoms with Gasteiger partial charge in [-0.05, 0) is 37.1 Å². The number of anilines is 1. The first-order chi connectivity index (χ1) is 13.2. The summed E-state index contributed by atoms with van der Waals surface area (Å²) >= 11 is 7.57. The molecule has 5 heteroatoms. The van der Waals surface area contributed by atoms with Gasteiger partial charge in [0, 0.05) is 33.1 Å². The van der Waals surface area contributed by atoms with E-state index in [1.54, 1.807) is 11.3 Å². The first-order valence-corrected chi connectivity index (χ1v) is 10.6. The minimum Gasteiger partial charge on any atom is -0.326 e. The molecule has 0 unspecified atom stereocenters. The van der Waals surface area contributed by atoms with Crippen LogP contribution in [-0.2, 0) is 4.79 Å². The number of benzene rings is 2. The number of aromatic nitrogens is 1. The largest absolute Gasteiger partial charge is 0.326 e. The molecule has 0 aliphatic heterocycles. The van der Waals surface area contributed by atoms with Crippen LogP contribution in [0.25, 0.3) is 21.8 Å². The molecule has 0 atom stereocenters. The minimum absolute atomic E-state index is 0.145. The molecule has 138 valence electrons. The van der Waals surface area contributed by atoms with Gasteiger partial charge >= 0.3 is 0 Å². The number of halogens is 1. The molecule has 0 spiro atoms. The third-order valence-electron chi connectivity index (χ3n) is 5.00. The third kappa shape index (κ3) is 4.40. The Morgan fingerprint density at radius 2 is 1.81 bits per heavy atom. The number of carbonyl (C=O) groups is 1. The molecule has 1 N–H and O–H groups in total. The van der Waals surface area contributed by atoms with Crippen molar-refractivity contribution in [3.8, 4) is 21.8 Å². The summed E-state index contributed by atoms with van der Waals surface area (Å²) in [7, 11) is 0. The van der Waals surface area contributed by atoms with E-state index in [4.69, 9.17) is 16.6 Å². The molecular formula is C22H21ClN2OS. The molecule has 1 aromatic heterocycles. The van der Waals surface area contributed by atoms with Crippen molar-refractivity contribution >= 4 is 34.5 Å². The number of hydrogen-bond acceptors (Lipinski definition) is 3. The van der Waals surface area contributed by atoms with E-state index in [0.717, 1.165) is 58.2 Å². The average Bonchev–Trinajstić information content (AvgIpc) is 3.20. The highest BCUT2D eigenvalue weighted by atomic mass is 35.5. The van der Waals surface area contributed by atoms with Gasteiger partial charge in [0.05, 0.1) is 5.69 Å². The maximum atomic E-state index is 12.5. The van der Waals surface area contributed by atoms with Crippen LogP contribution >= 0.6 is 22.9 Å². The van der Waals surface area contributed by atoms with Crippen molar-refractivity contribution in [2.75, 3.05) is 5.32 Å². The predicted octanol–water partition coefficient (Wildman–Crippen LogP) is 6.65. The van der Waals surface area contributed by atoms with Crippen molar-refractivity contribution in [2.45, 2.75) is 32.1 Å². The first kappa shape index (κ1) is 18.2. The first-order valence-electron chi connectivity index (χ1n) is 9.32. The zero-order valence-corrected chi connectivity index (χ0v) is 16.5. The molecule has 1 heterocycles. The van der Waals surface area contributed by atoms with Crippen LogP contribution in [0.2, 0.25) is 5.02 Å². The molecule has 1 aliphatic carbocycles. The molecular weight excluding hydrogens is 376 g/mol. The van der Waals surface area contributed by atoms with Crippen molar-refractivity contribution in [3.05, 3.63) is 58.9 Å². The Balaban J connectivity index is 1.50. The summed E-state index contributed by atoms with van der Waals surface area (Å²) in [5.74, 6) is 0.296. The Kier molecular flexibility index (Phi) is 5.55. The number of rotatable bonds is 4. The van der Waals surface area contributed by atoms with Gasteiger partial charge in [0.2, 0.25) is 5.91 Å². The topological polar surface area (TPSA) is 42.0 Å². The van der Waals surface area contributed by atoms with E-state index < -0.39 is 0 Å². The molecule has 0 radical (unpaired) electrons. The van der Waals surface area contributed by atoms with Crippen molar-refractivity contribution < 1.29 is 4.79 Å². The van der Waals surface area contributed by atoms with Crippen molar-refractivity contribution in [1.29, 1.82) is 0 Å². The van der Waals surface area contributed by atoms with Crippen molar-refractivity contribution in [3.63, 3.8) is 0 Å². The third-order valence-corrected chi connectivity index (χ3v) is 6.14. The lowest BCUT2D eigenvalue weighted by Crippen LogP contribution is -2.24. The molecule has 2 aromatic carbocycles. The maximum absolute atomic E-state index is 12.5. The van der Waals surface area contributed by atoms with Gasteiger partial charge in [0.15, 0.2) is 0 Å². The zero-order chi connectivity index (χ0) is 18.6. The molecule has 3 nitrogen and oxygen atoms in total. The lowest BCUT2D eigenvalue weighted by Gasteiger charge is -2.20. The SMILES string of the molecule is O=C(Nc1cccc(-c2csc(-c3ccc(Cl)cc3)n2)c1)C1CCCCC1. The number of nitrogens with zero attached hydrogens (tertiary/aromatic N) is 1. The highest BCUT2D eigenvalue weighted by Gasteiger charge is 2.21. The highest BCUT2D eigenvalue weighted by molar-refractivity contribution is 7.13. The van der Waals surface area contributed by atoms with Crippen LogP contribution in [-0.4, -0.2) is 10.9 Å². The Labute approximate surface area is 168 Å². The monoisotopic (exact) mass is 396 g/mol. The maximum Gasteiger partial charge on any atom is 0.227 e. The Bertz CT molecular complexity index is 929. The van der Waals surface area contributed by atoms with E-state index in [-0.39, 0.29) is 11.8 Å².